The SMILES string of the molecule is CC(C)(C)CC(C)(C)c1ccc(OCCOCCO)cc1. The molecule has 1 rings (SSSR count). The highest BCUT2D eigenvalue weighted by atomic mass is 16.5. The van der Waals surface area contributed by atoms with Crippen molar-refractivity contribution in [3.8, 4) is 5.75 Å². The molecule has 0 spiro atoms. The molecule has 120 valence electrons. The number of hydrogen-bond acceptors (Lipinski definition) is 3. The van der Waals surface area contributed by atoms with Crippen LogP contribution in [0.3, 0.4) is 0 Å². The smallest absolute Gasteiger partial charge is 0.119 e. The molecular formula is C18H30O3. The largest absolute Gasteiger partial charge is 0.491 e. The van der Waals surface area contributed by atoms with Crippen LogP contribution >= 0.6 is 0 Å². The third kappa shape index (κ3) is 6.96. The van der Waals surface area contributed by atoms with Gasteiger partial charge in [-0.15, -0.1) is 0 Å². The normalized spacial score (nSPS) is 12.5. The third-order valence-electron chi connectivity index (χ3n) is 3.34. The van der Waals surface area contributed by atoms with E-state index in [1.807, 2.05) is 12.1 Å². The molecular weight excluding hydrogens is 264 g/mol. The Labute approximate surface area is 129 Å². The van der Waals surface area contributed by atoms with Crippen molar-refractivity contribution in [3.05, 3.63) is 29.8 Å². The van der Waals surface area contributed by atoms with Gasteiger partial charge in [0.05, 0.1) is 19.8 Å². The fourth-order valence-electron chi connectivity index (χ4n) is 2.82. The van der Waals surface area contributed by atoms with E-state index in [1.54, 1.807) is 0 Å². The lowest BCUT2D eigenvalue weighted by Gasteiger charge is -2.33. The van der Waals surface area contributed by atoms with Crippen LogP contribution in [0, 0.1) is 5.41 Å². The fourth-order valence-corrected chi connectivity index (χ4v) is 2.82. The molecule has 0 bridgehead atoms. The predicted octanol–water partition coefficient (Wildman–Crippen LogP) is 3.79. The van der Waals surface area contributed by atoms with Crippen molar-refractivity contribution in [2.45, 2.75) is 46.5 Å². The lowest BCUT2D eigenvalue weighted by atomic mass is 9.72. The number of benzene rings is 1. The van der Waals surface area contributed by atoms with Gasteiger partial charge in [-0.2, -0.15) is 0 Å². The van der Waals surface area contributed by atoms with E-state index < -0.39 is 0 Å². The van der Waals surface area contributed by atoms with E-state index in [-0.39, 0.29) is 12.0 Å². The van der Waals surface area contributed by atoms with Gasteiger partial charge in [0.1, 0.15) is 12.4 Å². The molecule has 0 heterocycles. The van der Waals surface area contributed by atoms with Crippen molar-refractivity contribution >= 4 is 0 Å². The molecule has 0 saturated carbocycles. The third-order valence-corrected chi connectivity index (χ3v) is 3.34. The van der Waals surface area contributed by atoms with Crippen molar-refractivity contribution < 1.29 is 14.6 Å². The van der Waals surface area contributed by atoms with Gasteiger partial charge < -0.3 is 14.6 Å². The van der Waals surface area contributed by atoms with E-state index in [0.29, 0.717) is 25.2 Å². The van der Waals surface area contributed by atoms with Crippen LogP contribution in [0.15, 0.2) is 24.3 Å². The van der Waals surface area contributed by atoms with Crippen molar-refractivity contribution in [2.24, 2.45) is 5.41 Å². The van der Waals surface area contributed by atoms with Crippen LogP contribution in [0.25, 0.3) is 0 Å². The van der Waals surface area contributed by atoms with Crippen LogP contribution in [0.1, 0.15) is 46.6 Å². The summed E-state index contributed by atoms with van der Waals surface area (Å²) in [7, 11) is 0. The Hall–Kier alpha value is -1.06. The molecule has 0 unspecified atom stereocenters. The molecule has 3 heteroatoms. The van der Waals surface area contributed by atoms with Gasteiger partial charge in [-0.1, -0.05) is 46.8 Å². The van der Waals surface area contributed by atoms with Gasteiger partial charge in [0.2, 0.25) is 0 Å². The summed E-state index contributed by atoms with van der Waals surface area (Å²) < 4.78 is 10.8. The molecule has 0 amide bonds. The van der Waals surface area contributed by atoms with E-state index in [4.69, 9.17) is 14.6 Å². The molecule has 0 aliphatic carbocycles. The summed E-state index contributed by atoms with van der Waals surface area (Å²) in [6.45, 7) is 12.8. The summed E-state index contributed by atoms with van der Waals surface area (Å²) in [6, 6.07) is 8.34. The summed E-state index contributed by atoms with van der Waals surface area (Å²) in [6.07, 6.45) is 1.13. The van der Waals surface area contributed by atoms with E-state index >= 15 is 0 Å². The van der Waals surface area contributed by atoms with Crippen molar-refractivity contribution in [3.63, 3.8) is 0 Å². The van der Waals surface area contributed by atoms with E-state index in [2.05, 4.69) is 46.8 Å². The van der Waals surface area contributed by atoms with Gasteiger partial charge in [-0.25, -0.2) is 0 Å². The Balaban J connectivity index is 2.53. The van der Waals surface area contributed by atoms with Gasteiger partial charge in [-0.05, 0) is 34.9 Å². The second kappa shape index (κ2) is 7.81. The molecule has 3 nitrogen and oxygen atoms in total. The van der Waals surface area contributed by atoms with E-state index in [9.17, 15) is 0 Å². The first kappa shape index (κ1) is 18.0. The molecule has 0 fully saturated rings. The van der Waals surface area contributed by atoms with Crippen LogP contribution in [0.4, 0.5) is 0 Å². The van der Waals surface area contributed by atoms with Crippen LogP contribution in [-0.4, -0.2) is 31.5 Å². The lowest BCUT2D eigenvalue weighted by molar-refractivity contribution is 0.0705. The minimum Gasteiger partial charge on any atom is -0.491 e. The van der Waals surface area contributed by atoms with Gasteiger partial charge in [0, 0.05) is 0 Å². The average molecular weight is 294 g/mol. The van der Waals surface area contributed by atoms with Gasteiger partial charge >= 0.3 is 0 Å². The zero-order valence-corrected chi connectivity index (χ0v) is 14.1. The second-order valence-corrected chi connectivity index (χ2v) is 7.33. The molecule has 0 radical (unpaired) electrons. The Kier molecular flexibility index (Phi) is 6.69. The monoisotopic (exact) mass is 294 g/mol. The van der Waals surface area contributed by atoms with Crippen molar-refractivity contribution in [1.29, 1.82) is 0 Å². The first-order valence-electron chi connectivity index (χ1n) is 7.66. The molecule has 1 N–H and O–H groups in total. The van der Waals surface area contributed by atoms with Crippen LogP contribution in [0.2, 0.25) is 0 Å². The lowest BCUT2D eigenvalue weighted by Crippen LogP contribution is -2.24. The van der Waals surface area contributed by atoms with Gasteiger partial charge in [0.15, 0.2) is 0 Å². The predicted molar refractivity (Wildman–Crippen MR) is 86.9 cm³/mol. The van der Waals surface area contributed by atoms with Crippen molar-refractivity contribution in [1.82, 2.24) is 0 Å². The summed E-state index contributed by atoms with van der Waals surface area (Å²) in [4.78, 5) is 0. The fraction of sp³-hybridized carbons (Fsp3) is 0.667. The van der Waals surface area contributed by atoms with E-state index in [0.717, 1.165) is 12.2 Å². The van der Waals surface area contributed by atoms with Crippen LogP contribution < -0.4 is 4.74 Å². The Bertz CT molecular complexity index is 401. The maximum Gasteiger partial charge on any atom is 0.119 e. The Morgan fingerprint density at radius 3 is 2.05 bits per heavy atom. The number of ether oxygens (including phenoxy) is 2. The summed E-state index contributed by atoms with van der Waals surface area (Å²) in [5, 5.41) is 8.60. The molecule has 0 aromatic heterocycles. The highest BCUT2D eigenvalue weighted by molar-refractivity contribution is 5.31. The standard InChI is InChI=1S/C18H30O3/c1-17(2,3)14-18(4,5)15-6-8-16(9-7-15)21-13-12-20-11-10-19/h6-9,19H,10-14H2,1-5H3. The molecule has 1 aromatic carbocycles. The number of hydrogen-bond donors (Lipinski definition) is 1. The molecule has 0 saturated heterocycles. The maximum absolute atomic E-state index is 8.60. The summed E-state index contributed by atoms with van der Waals surface area (Å²) in [5.41, 5.74) is 1.80. The molecule has 0 atom stereocenters. The number of aliphatic hydroxyl groups is 1. The molecule has 0 aliphatic heterocycles. The molecule has 1 aromatic rings. The minimum absolute atomic E-state index is 0.0531. The summed E-state index contributed by atoms with van der Waals surface area (Å²) in [5.74, 6) is 0.859. The van der Waals surface area contributed by atoms with Crippen LogP contribution in [-0.2, 0) is 10.2 Å². The topological polar surface area (TPSA) is 38.7 Å². The Morgan fingerprint density at radius 1 is 0.905 bits per heavy atom. The summed E-state index contributed by atoms with van der Waals surface area (Å²) >= 11 is 0. The minimum atomic E-state index is 0.0531. The average Bonchev–Trinajstić information content (AvgIpc) is 2.36. The maximum atomic E-state index is 8.60. The second-order valence-electron chi connectivity index (χ2n) is 7.33. The quantitative estimate of drug-likeness (QED) is 0.741. The van der Waals surface area contributed by atoms with Crippen molar-refractivity contribution in [2.75, 3.05) is 26.4 Å². The molecule has 0 aliphatic rings. The van der Waals surface area contributed by atoms with Gasteiger partial charge in [-0.3, -0.25) is 0 Å². The number of rotatable bonds is 8. The van der Waals surface area contributed by atoms with Gasteiger partial charge in [0.25, 0.3) is 0 Å². The highest BCUT2D eigenvalue weighted by Crippen LogP contribution is 2.36. The zero-order chi connectivity index (χ0) is 15.9. The first-order valence-corrected chi connectivity index (χ1v) is 7.66. The molecule has 21 heavy (non-hydrogen) atoms. The van der Waals surface area contributed by atoms with Crippen LogP contribution in [0.5, 0.6) is 5.75 Å². The highest BCUT2D eigenvalue weighted by Gasteiger charge is 2.27. The number of aliphatic hydroxyl groups excluding tert-OH is 1. The zero-order valence-electron chi connectivity index (χ0n) is 14.1. The first-order chi connectivity index (χ1) is 9.74. The Morgan fingerprint density at radius 2 is 1.52 bits per heavy atom. The van der Waals surface area contributed by atoms with E-state index in [1.165, 1.54) is 5.56 Å².